The van der Waals surface area contributed by atoms with Crippen LogP contribution in [0.5, 0.6) is 0 Å². The van der Waals surface area contributed by atoms with Crippen LogP contribution in [-0.4, -0.2) is 49.3 Å². The lowest BCUT2D eigenvalue weighted by atomic mass is 9.98. The predicted molar refractivity (Wildman–Crippen MR) is 78.0 cm³/mol. The van der Waals surface area contributed by atoms with Gasteiger partial charge in [0.05, 0.1) is 12.2 Å². The first kappa shape index (κ1) is 15.9. The fourth-order valence-electron chi connectivity index (χ4n) is 2.40. The number of hydrogen-bond acceptors (Lipinski definition) is 3. The lowest BCUT2D eigenvalue weighted by Crippen LogP contribution is -2.42. The first-order valence-corrected chi connectivity index (χ1v) is 7.46. The third-order valence-corrected chi connectivity index (χ3v) is 3.36. The molecule has 3 heteroatoms. The molecule has 0 aromatic heterocycles. The van der Waals surface area contributed by atoms with E-state index in [9.17, 15) is 0 Å². The summed E-state index contributed by atoms with van der Waals surface area (Å²) in [6, 6.07) is 0.601. The normalized spacial score (nSPS) is 22.7. The predicted octanol–water partition coefficient (Wildman–Crippen LogP) is 2.51. The van der Waals surface area contributed by atoms with Crippen molar-refractivity contribution in [3.8, 4) is 0 Å². The molecular formula is C15H32N2O. The Bertz CT molecular complexity index is 223. The van der Waals surface area contributed by atoms with Gasteiger partial charge in [-0.25, -0.2) is 0 Å². The monoisotopic (exact) mass is 256 g/mol. The third kappa shape index (κ3) is 7.34. The molecular weight excluding hydrogens is 224 g/mol. The van der Waals surface area contributed by atoms with E-state index in [1.165, 1.54) is 25.9 Å². The van der Waals surface area contributed by atoms with Gasteiger partial charge in [0.1, 0.15) is 0 Å². The molecule has 0 aromatic carbocycles. The highest BCUT2D eigenvalue weighted by atomic mass is 16.5. The number of rotatable bonds is 6. The number of nitrogens with zero attached hydrogens (tertiary/aromatic N) is 1. The van der Waals surface area contributed by atoms with E-state index in [-0.39, 0.29) is 5.60 Å². The van der Waals surface area contributed by atoms with Crippen LogP contribution in [0.25, 0.3) is 0 Å². The molecule has 1 N–H and O–H groups in total. The molecule has 1 fully saturated rings. The Morgan fingerprint density at radius 2 is 2.06 bits per heavy atom. The minimum Gasteiger partial charge on any atom is -0.375 e. The molecule has 0 spiro atoms. The Hall–Kier alpha value is -0.120. The summed E-state index contributed by atoms with van der Waals surface area (Å²) in [6.45, 7) is 16.4. The first-order valence-electron chi connectivity index (χ1n) is 7.46. The average molecular weight is 256 g/mol. The summed E-state index contributed by atoms with van der Waals surface area (Å²) in [6.07, 6.45) is 2.70. The van der Waals surface area contributed by atoms with Gasteiger partial charge in [-0.05, 0) is 52.6 Å². The van der Waals surface area contributed by atoms with E-state index in [0.29, 0.717) is 6.04 Å². The van der Waals surface area contributed by atoms with Crippen molar-refractivity contribution < 1.29 is 4.74 Å². The van der Waals surface area contributed by atoms with Crippen LogP contribution in [0.4, 0.5) is 0 Å². The van der Waals surface area contributed by atoms with E-state index >= 15 is 0 Å². The fraction of sp³-hybridized carbons (Fsp3) is 1.00. The molecule has 0 aromatic rings. The molecule has 3 nitrogen and oxygen atoms in total. The summed E-state index contributed by atoms with van der Waals surface area (Å²) < 4.78 is 5.81. The maximum Gasteiger partial charge on any atom is 0.0600 e. The van der Waals surface area contributed by atoms with Gasteiger partial charge in [-0.1, -0.05) is 13.8 Å². The third-order valence-electron chi connectivity index (χ3n) is 3.36. The Balaban J connectivity index is 2.18. The number of likely N-dealkylation sites (tertiary alicyclic amines) is 1. The van der Waals surface area contributed by atoms with Crippen LogP contribution in [0.3, 0.4) is 0 Å². The highest BCUT2D eigenvalue weighted by Gasteiger charge is 2.20. The maximum atomic E-state index is 5.81. The van der Waals surface area contributed by atoms with E-state index in [1.807, 2.05) is 0 Å². The lowest BCUT2D eigenvalue weighted by Gasteiger charge is -2.33. The molecule has 1 heterocycles. The summed E-state index contributed by atoms with van der Waals surface area (Å²) in [5.41, 5.74) is -0.00557. The van der Waals surface area contributed by atoms with Gasteiger partial charge in [0.2, 0.25) is 0 Å². The summed E-state index contributed by atoms with van der Waals surface area (Å²) in [5.74, 6) is 0.816. The van der Waals surface area contributed by atoms with Gasteiger partial charge in [-0.15, -0.1) is 0 Å². The quantitative estimate of drug-likeness (QED) is 0.790. The maximum absolute atomic E-state index is 5.81. The zero-order chi connectivity index (χ0) is 13.6. The van der Waals surface area contributed by atoms with Gasteiger partial charge in [-0.3, -0.25) is 0 Å². The van der Waals surface area contributed by atoms with Gasteiger partial charge in [-0.2, -0.15) is 0 Å². The topological polar surface area (TPSA) is 24.5 Å². The SMILES string of the molecule is CC(C)NCC1CCCN(CCOC(C)(C)C)C1. The number of ether oxygens (including phenoxy) is 1. The average Bonchev–Trinajstić information content (AvgIpc) is 2.25. The molecule has 1 aliphatic heterocycles. The van der Waals surface area contributed by atoms with Crippen LogP contribution in [-0.2, 0) is 4.74 Å². The molecule has 0 amide bonds. The second-order valence-electron chi connectivity index (χ2n) is 6.83. The molecule has 0 saturated carbocycles. The Labute approximate surface area is 113 Å². The second kappa shape index (κ2) is 7.46. The minimum atomic E-state index is -0.00557. The molecule has 108 valence electrons. The highest BCUT2D eigenvalue weighted by Crippen LogP contribution is 2.16. The molecule has 1 atom stereocenters. The van der Waals surface area contributed by atoms with Crippen LogP contribution >= 0.6 is 0 Å². The molecule has 0 bridgehead atoms. The van der Waals surface area contributed by atoms with Crippen molar-refractivity contribution >= 4 is 0 Å². The van der Waals surface area contributed by atoms with E-state index in [0.717, 1.165) is 25.6 Å². The second-order valence-corrected chi connectivity index (χ2v) is 6.83. The Morgan fingerprint density at radius 1 is 1.33 bits per heavy atom. The van der Waals surface area contributed by atoms with Crippen LogP contribution in [0.15, 0.2) is 0 Å². The van der Waals surface area contributed by atoms with Crippen LogP contribution in [0.2, 0.25) is 0 Å². The number of piperidine rings is 1. The standard InChI is InChI=1S/C15H32N2O/c1-13(2)16-11-14-7-6-8-17(12-14)9-10-18-15(3,4)5/h13-14,16H,6-12H2,1-5H3. The van der Waals surface area contributed by atoms with Gasteiger partial charge >= 0.3 is 0 Å². The van der Waals surface area contributed by atoms with Gasteiger partial charge in [0, 0.05) is 19.1 Å². The largest absolute Gasteiger partial charge is 0.375 e. The number of hydrogen-bond donors (Lipinski definition) is 1. The minimum absolute atomic E-state index is 0.00557. The molecule has 1 unspecified atom stereocenters. The van der Waals surface area contributed by atoms with Gasteiger partial charge < -0.3 is 15.0 Å². The van der Waals surface area contributed by atoms with E-state index in [2.05, 4.69) is 44.8 Å². The van der Waals surface area contributed by atoms with Gasteiger partial charge in [0.25, 0.3) is 0 Å². The molecule has 1 rings (SSSR count). The molecule has 0 radical (unpaired) electrons. The van der Waals surface area contributed by atoms with E-state index < -0.39 is 0 Å². The Kier molecular flexibility index (Phi) is 6.61. The molecule has 1 saturated heterocycles. The van der Waals surface area contributed by atoms with Crippen LogP contribution in [0.1, 0.15) is 47.5 Å². The van der Waals surface area contributed by atoms with Crippen molar-refractivity contribution in [2.75, 3.05) is 32.8 Å². The van der Waals surface area contributed by atoms with Crippen molar-refractivity contribution in [1.82, 2.24) is 10.2 Å². The smallest absolute Gasteiger partial charge is 0.0600 e. The van der Waals surface area contributed by atoms with Crippen molar-refractivity contribution in [3.05, 3.63) is 0 Å². The number of nitrogens with one attached hydrogen (secondary N) is 1. The highest BCUT2D eigenvalue weighted by molar-refractivity contribution is 4.75. The summed E-state index contributed by atoms with van der Waals surface area (Å²) in [7, 11) is 0. The first-order chi connectivity index (χ1) is 8.37. The van der Waals surface area contributed by atoms with Gasteiger partial charge in [0.15, 0.2) is 0 Å². The van der Waals surface area contributed by atoms with Crippen molar-refractivity contribution in [2.24, 2.45) is 5.92 Å². The zero-order valence-electron chi connectivity index (χ0n) is 13.0. The summed E-state index contributed by atoms with van der Waals surface area (Å²) >= 11 is 0. The van der Waals surface area contributed by atoms with E-state index in [4.69, 9.17) is 4.74 Å². The fourth-order valence-corrected chi connectivity index (χ4v) is 2.40. The summed E-state index contributed by atoms with van der Waals surface area (Å²) in [5, 5.41) is 3.56. The zero-order valence-corrected chi connectivity index (χ0v) is 13.0. The summed E-state index contributed by atoms with van der Waals surface area (Å²) in [4.78, 5) is 2.56. The Morgan fingerprint density at radius 3 is 2.67 bits per heavy atom. The van der Waals surface area contributed by atoms with Crippen molar-refractivity contribution in [1.29, 1.82) is 0 Å². The molecule has 18 heavy (non-hydrogen) atoms. The molecule has 0 aliphatic carbocycles. The van der Waals surface area contributed by atoms with E-state index in [1.54, 1.807) is 0 Å². The molecule has 1 aliphatic rings. The van der Waals surface area contributed by atoms with Crippen molar-refractivity contribution in [3.63, 3.8) is 0 Å². The lowest BCUT2D eigenvalue weighted by molar-refractivity contribution is -0.0170. The van der Waals surface area contributed by atoms with Crippen LogP contribution < -0.4 is 5.32 Å². The van der Waals surface area contributed by atoms with Crippen LogP contribution in [0, 0.1) is 5.92 Å². The van der Waals surface area contributed by atoms with Crippen molar-refractivity contribution in [2.45, 2.75) is 59.1 Å².